The van der Waals surface area contributed by atoms with Crippen molar-refractivity contribution in [3.05, 3.63) is 34.7 Å². The third kappa shape index (κ3) is 4.31. The van der Waals surface area contributed by atoms with Crippen molar-refractivity contribution >= 4 is 26.9 Å². The summed E-state index contributed by atoms with van der Waals surface area (Å²) in [6.07, 6.45) is 1.25. The van der Waals surface area contributed by atoms with Crippen LogP contribution in [-0.4, -0.2) is 31.5 Å². The Labute approximate surface area is 123 Å². The van der Waals surface area contributed by atoms with E-state index in [1.54, 1.807) is 11.3 Å². The summed E-state index contributed by atoms with van der Waals surface area (Å²) in [7, 11) is -2.96. The van der Waals surface area contributed by atoms with Crippen LogP contribution in [0.4, 0.5) is 5.69 Å². The van der Waals surface area contributed by atoms with E-state index in [9.17, 15) is 8.42 Å². The number of thiazole rings is 1. The summed E-state index contributed by atoms with van der Waals surface area (Å²) in [6, 6.07) is 7.76. The van der Waals surface area contributed by atoms with Gasteiger partial charge in [-0.15, -0.1) is 11.3 Å². The molecule has 0 amide bonds. The molecule has 2 rings (SSSR count). The highest BCUT2D eigenvalue weighted by Gasteiger charge is 2.10. The SMILES string of the molecule is Cc1nc(-c2ccc(NC(C)CS(C)(=O)=O)cc2)cs1. The van der Waals surface area contributed by atoms with E-state index >= 15 is 0 Å². The largest absolute Gasteiger partial charge is 0.382 e. The number of hydrogen-bond acceptors (Lipinski definition) is 5. The van der Waals surface area contributed by atoms with Crippen molar-refractivity contribution in [1.82, 2.24) is 4.98 Å². The van der Waals surface area contributed by atoms with E-state index in [1.165, 1.54) is 6.26 Å². The second-order valence-corrected chi connectivity index (χ2v) is 8.21. The predicted octanol–water partition coefficient (Wildman–Crippen LogP) is 2.96. The minimum Gasteiger partial charge on any atom is -0.382 e. The molecule has 0 aliphatic heterocycles. The number of anilines is 1. The molecule has 0 spiro atoms. The first-order valence-electron chi connectivity index (χ1n) is 6.30. The number of nitrogens with zero attached hydrogens (tertiary/aromatic N) is 1. The van der Waals surface area contributed by atoms with Crippen LogP contribution in [0.5, 0.6) is 0 Å². The number of hydrogen-bond donors (Lipinski definition) is 1. The lowest BCUT2D eigenvalue weighted by atomic mass is 10.1. The van der Waals surface area contributed by atoms with Gasteiger partial charge in [0.1, 0.15) is 9.84 Å². The molecule has 1 heterocycles. The predicted molar refractivity (Wildman–Crippen MR) is 85.1 cm³/mol. The van der Waals surface area contributed by atoms with Crippen LogP contribution in [-0.2, 0) is 9.84 Å². The molecule has 1 aromatic heterocycles. The minimum absolute atomic E-state index is 0.114. The van der Waals surface area contributed by atoms with Gasteiger partial charge in [-0.3, -0.25) is 0 Å². The van der Waals surface area contributed by atoms with Crippen molar-refractivity contribution in [3.8, 4) is 11.3 Å². The van der Waals surface area contributed by atoms with Gasteiger partial charge >= 0.3 is 0 Å². The smallest absolute Gasteiger partial charge is 0.149 e. The van der Waals surface area contributed by atoms with Gasteiger partial charge in [0.25, 0.3) is 0 Å². The van der Waals surface area contributed by atoms with Crippen LogP contribution in [0.1, 0.15) is 11.9 Å². The van der Waals surface area contributed by atoms with Crippen LogP contribution in [0.15, 0.2) is 29.6 Å². The molecule has 0 saturated heterocycles. The van der Waals surface area contributed by atoms with Gasteiger partial charge in [0.2, 0.25) is 0 Å². The monoisotopic (exact) mass is 310 g/mol. The van der Waals surface area contributed by atoms with Gasteiger partial charge < -0.3 is 5.32 Å². The van der Waals surface area contributed by atoms with Crippen LogP contribution >= 0.6 is 11.3 Å². The molecule has 0 aliphatic rings. The Bertz CT molecular complexity index is 675. The third-order valence-electron chi connectivity index (χ3n) is 2.77. The van der Waals surface area contributed by atoms with Gasteiger partial charge in [-0.2, -0.15) is 0 Å². The first-order valence-corrected chi connectivity index (χ1v) is 9.24. The molecule has 20 heavy (non-hydrogen) atoms. The Balaban J connectivity index is 2.05. The topological polar surface area (TPSA) is 59.1 Å². The van der Waals surface area contributed by atoms with E-state index in [1.807, 2.05) is 43.5 Å². The Morgan fingerprint density at radius 3 is 2.45 bits per heavy atom. The van der Waals surface area contributed by atoms with E-state index in [0.29, 0.717) is 0 Å². The van der Waals surface area contributed by atoms with Crippen molar-refractivity contribution in [2.75, 3.05) is 17.3 Å². The Hall–Kier alpha value is -1.40. The number of rotatable bonds is 5. The second kappa shape index (κ2) is 5.93. The average Bonchev–Trinajstić information content (AvgIpc) is 2.74. The van der Waals surface area contributed by atoms with Crippen molar-refractivity contribution in [2.45, 2.75) is 19.9 Å². The van der Waals surface area contributed by atoms with E-state index in [0.717, 1.165) is 22.0 Å². The molecule has 4 nitrogen and oxygen atoms in total. The number of aromatic nitrogens is 1. The highest BCUT2D eigenvalue weighted by molar-refractivity contribution is 7.90. The van der Waals surface area contributed by atoms with Crippen LogP contribution in [0.3, 0.4) is 0 Å². The Morgan fingerprint density at radius 1 is 1.30 bits per heavy atom. The molecule has 0 radical (unpaired) electrons. The van der Waals surface area contributed by atoms with E-state index in [2.05, 4.69) is 10.3 Å². The molecule has 0 bridgehead atoms. The number of sulfone groups is 1. The van der Waals surface area contributed by atoms with Crippen LogP contribution in [0, 0.1) is 6.92 Å². The number of aryl methyl sites for hydroxylation is 1. The van der Waals surface area contributed by atoms with Crippen LogP contribution in [0.25, 0.3) is 11.3 Å². The zero-order chi connectivity index (χ0) is 14.8. The maximum atomic E-state index is 11.2. The molecule has 108 valence electrons. The molecule has 1 N–H and O–H groups in total. The van der Waals surface area contributed by atoms with E-state index in [4.69, 9.17) is 0 Å². The molecular formula is C14H18N2O2S2. The van der Waals surface area contributed by atoms with Crippen molar-refractivity contribution in [2.24, 2.45) is 0 Å². The molecule has 0 aliphatic carbocycles. The zero-order valence-corrected chi connectivity index (χ0v) is 13.4. The summed E-state index contributed by atoms with van der Waals surface area (Å²) in [5.74, 6) is 0.125. The standard InChI is InChI=1S/C14H18N2O2S2/c1-10(9-20(3,17)18)15-13-6-4-12(5-7-13)14-8-19-11(2)16-14/h4-8,10,15H,9H2,1-3H3. The van der Waals surface area contributed by atoms with Gasteiger partial charge in [-0.05, 0) is 26.0 Å². The first-order chi connectivity index (χ1) is 9.33. The summed E-state index contributed by atoms with van der Waals surface area (Å²) in [4.78, 5) is 4.44. The van der Waals surface area contributed by atoms with Gasteiger partial charge in [0.15, 0.2) is 0 Å². The quantitative estimate of drug-likeness (QED) is 0.922. The van der Waals surface area contributed by atoms with E-state index < -0.39 is 9.84 Å². The Kier molecular flexibility index (Phi) is 4.45. The lowest BCUT2D eigenvalue weighted by Crippen LogP contribution is -2.24. The summed E-state index contributed by atoms with van der Waals surface area (Å²) in [5.41, 5.74) is 2.95. The fourth-order valence-corrected chi connectivity index (χ4v) is 3.63. The molecule has 0 saturated carbocycles. The van der Waals surface area contributed by atoms with Crippen molar-refractivity contribution < 1.29 is 8.42 Å². The van der Waals surface area contributed by atoms with Crippen LogP contribution < -0.4 is 5.32 Å². The molecule has 6 heteroatoms. The Morgan fingerprint density at radius 2 is 1.95 bits per heavy atom. The average molecular weight is 310 g/mol. The molecular weight excluding hydrogens is 292 g/mol. The molecule has 1 atom stereocenters. The lowest BCUT2D eigenvalue weighted by Gasteiger charge is -2.14. The number of nitrogens with one attached hydrogen (secondary N) is 1. The molecule has 2 aromatic rings. The second-order valence-electron chi connectivity index (χ2n) is 4.97. The first kappa shape index (κ1) is 15.0. The fraction of sp³-hybridized carbons (Fsp3) is 0.357. The van der Waals surface area contributed by atoms with Gasteiger partial charge in [0, 0.05) is 28.9 Å². The summed E-state index contributed by atoms with van der Waals surface area (Å²) >= 11 is 1.63. The molecule has 1 unspecified atom stereocenters. The molecule has 0 fully saturated rings. The summed E-state index contributed by atoms with van der Waals surface area (Å²) < 4.78 is 22.5. The maximum Gasteiger partial charge on any atom is 0.149 e. The van der Waals surface area contributed by atoms with Gasteiger partial charge in [0.05, 0.1) is 16.5 Å². The van der Waals surface area contributed by atoms with Gasteiger partial charge in [-0.1, -0.05) is 12.1 Å². The summed E-state index contributed by atoms with van der Waals surface area (Å²) in [5, 5.41) is 6.26. The molecule has 1 aromatic carbocycles. The van der Waals surface area contributed by atoms with Crippen LogP contribution in [0.2, 0.25) is 0 Å². The van der Waals surface area contributed by atoms with Crippen molar-refractivity contribution in [1.29, 1.82) is 0 Å². The van der Waals surface area contributed by atoms with Gasteiger partial charge in [-0.25, -0.2) is 13.4 Å². The minimum atomic E-state index is -2.96. The highest BCUT2D eigenvalue weighted by Crippen LogP contribution is 2.23. The third-order valence-corrected chi connectivity index (χ3v) is 4.64. The van der Waals surface area contributed by atoms with E-state index in [-0.39, 0.29) is 11.8 Å². The number of benzene rings is 1. The van der Waals surface area contributed by atoms with Crippen molar-refractivity contribution in [3.63, 3.8) is 0 Å². The lowest BCUT2D eigenvalue weighted by molar-refractivity contribution is 0.598. The fourth-order valence-electron chi connectivity index (χ4n) is 2.01. The maximum absolute atomic E-state index is 11.2. The zero-order valence-electron chi connectivity index (χ0n) is 11.8. The normalized spacial score (nSPS) is 13.2. The highest BCUT2D eigenvalue weighted by atomic mass is 32.2. The summed E-state index contributed by atoms with van der Waals surface area (Å²) in [6.45, 7) is 3.84.